The lowest BCUT2D eigenvalue weighted by Crippen LogP contribution is -2.80. The third-order valence-electron chi connectivity index (χ3n) is 9.62. The maximum absolute atomic E-state index is 14.1. The normalized spacial score (nSPS) is 44.8. The fraction of sp³-hybridized carbons (Fsp3) is 0.643. The SMILES string of the molecule is CC(C)=CC[C@@H]1C[C@H]2C(=O)[C@]34C[C@H](C(C)(C)O)O[C@@]3(O)[C@@H](C(=O)c3ccccc3)[C@]2(O)[C@]1(C)C4. The van der Waals surface area contributed by atoms with Gasteiger partial charge >= 0.3 is 0 Å². The van der Waals surface area contributed by atoms with Gasteiger partial charge in [0.05, 0.1) is 22.7 Å². The summed E-state index contributed by atoms with van der Waals surface area (Å²) in [6.45, 7) is 9.19. The Balaban J connectivity index is 1.72. The molecular formula is C28H36O6. The van der Waals surface area contributed by atoms with E-state index in [4.69, 9.17) is 4.74 Å². The van der Waals surface area contributed by atoms with E-state index in [1.165, 1.54) is 0 Å². The molecule has 8 atom stereocenters. The molecule has 1 aromatic rings. The van der Waals surface area contributed by atoms with Gasteiger partial charge in [0.15, 0.2) is 17.4 Å². The second kappa shape index (κ2) is 7.10. The van der Waals surface area contributed by atoms with Crippen molar-refractivity contribution in [1.82, 2.24) is 0 Å². The number of benzene rings is 1. The van der Waals surface area contributed by atoms with E-state index in [0.717, 1.165) is 5.57 Å². The number of aliphatic hydroxyl groups is 3. The van der Waals surface area contributed by atoms with Crippen molar-refractivity contribution in [2.45, 2.75) is 83.4 Å². The molecule has 1 aliphatic heterocycles. The average molecular weight is 469 g/mol. The van der Waals surface area contributed by atoms with E-state index in [1.807, 2.05) is 20.8 Å². The fourth-order valence-corrected chi connectivity index (χ4v) is 7.85. The van der Waals surface area contributed by atoms with Crippen molar-refractivity contribution >= 4 is 11.6 Å². The summed E-state index contributed by atoms with van der Waals surface area (Å²) in [4.78, 5) is 28.1. The lowest BCUT2D eigenvalue weighted by molar-refractivity contribution is -0.351. The first-order valence-corrected chi connectivity index (χ1v) is 12.3. The zero-order valence-corrected chi connectivity index (χ0v) is 20.7. The summed E-state index contributed by atoms with van der Waals surface area (Å²) >= 11 is 0. The lowest BCUT2D eigenvalue weighted by Gasteiger charge is -2.66. The molecule has 0 aromatic heterocycles. The van der Waals surface area contributed by atoms with E-state index in [1.54, 1.807) is 44.2 Å². The maximum Gasteiger partial charge on any atom is 0.191 e. The first-order valence-electron chi connectivity index (χ1n) is 12.3. The Labute approximate surface area is 201 Å². The van der Waals surface area contributed by atoms with Crippen LogP contribution in [-0.4, -0.2) is 50.0 Å². The largest absolute Gasteiger partial charge is 0.388 e. The van der Waals surface area contributed by atoms with Crippen LogP contribution in [0.25, 0.3) is 0 Å². The third kappa shape index (κ3) is 2.71. The van der Waals surface area contributed by atoms with E-state index < -0.39 is 51.5 Å². The van der Waals surface area contributed by atoms with Crippen molar-refractivity contribution in [1.29, 1.82) is 0 Å². The first-order chi connectivity index (χ1) is 15.7. The van der Waals surface area contributed by atoms with E-state index in [-0.39, 0.29) is 24.5 Å². The Hall–Kier alpha value is -1.86. The molecule has 5 fully saturated rings. The van der Waals surface area contributed by atoms with Gasteiger partial charge in [0.1, 0.15) is 5.92 Å². The summed E-state index contributed by atoms with van der Waals surface area (Å²) in [5.74, 6) is -4.93. The van der Waals surface area contributed by atoms with Crippen LogP contribution in [0.4, 0.5) is 0 Å². The van der Waals surface area contributed by atoms with Gasteiger partial charge in [-0.25, -0.2) is 0 Å². The second-order valence-electron chi connectivity index (χ2n) is 12.2. The summed E-state index contributed by atoms with van der Waals surface area (Å²) in [7, 11) is 0. The molecule has 6 rings (SSSR count). The van der Waals surface area contributed by atoms with Crippen molar-refractivity contribution in [3.05, 3.63) is 47.5 Å². The van der Waals surface area contributed by atoms with Crippen LogP contribution in [0.15, 0.2) is 42.0 Å². The van der Waals surface area contributed by atoms with Crippen molar-refractivity contribution < 1.29 is 29.6 Å². The van der Waals surface area contributed by atoms with Crippen LogP contribution < -0.4 is 0 Å². The van der Waals surface area contributed by atoms with Gasteiger partial charge in [0, 0.05) is 16.9 Å². The standard InChI is InChI=1S/C28H36O6/c1-16(2)11-12-18-13-19-23(30)26-14-20(24(3,4)31)34-28(26,33)22(27(19,32)25(18,5)15-26)21(29)17-9-7-6-8-10-17/h6-11,18-20,22,31-33H,12-15H2,1-5H3/t18-,19+,20-,22+,25-,26-,27+,28+/m1/s1. The van der Waals surface area contributed by atoms with Crippen LogP contribution in [0.1, 0.15) is 70.7 Å². The number of allylic oxidation sites excluding steroid dienone is 2. The average Bonchev–Trinajstić information content (AvgIpc) is 3.14. The molecule has 6 heteroatoms. The number of carbonyl (C=O) groups excluding carboxylic acids is 2. The maximum atomic E-state index is 14.1. The van der Waals surface area contributed by atoms with E-state index >= 15 is 0 Å². The molecule has 184 valence electrons. The topological polar surface area (TPSA) is 104 Å². The highest BCUT2D eigenvalue weighted by Crippen LogP contribution is 2.78. The minimum Gasteiger partial charge on any atom is -0.388 e. The number of hydrogen-bond acceptors (Lipinski definition) is 6. The summed E-state index contributed by atoms with van der Waals surface area (Å²) < 4.78 is 6.13. The van der Waals surface area contributed by atoms with Crippen molar-refractivity contribution in [3.63, 3.8) is 0 Å². The van der Waals surface area contributed by atoms with Gasteiger partial charge in [-0.15, -0.1) is 0 Å². The molecule has 0 amide bonds. The van der Waals surface area contributed by atoms with Crippen molar-refractivity contribution in [2.24, 2.45) is 28.6 Å². The number of Topliss-reactive ketones (excluding diaryl/α,β-unsaturated/α-hetero) is 2. The van der Waals surface area contributed by atoms with Crippen molar-refractivity contribution in [3.8, 4) is 0 Å². The smallest absolute Gasteiger partial charge is 0.191 e. The number of ether oxygens (including phenoxy) is 1. The highest BCUT2D eigenvalue weighted by Gasteiger charge is 2.88. The highest BCUT2D eigenvalue weighted by atomic mass is 16.7. The Kier molecular flexibility index (Phi) is 4.98. The number of rotatable bonds is 5. The van der Waals surface area contributed by atoms with E-state index in [2.05, 4.69) is 6.08 Å². The lowest BCUT2D eigenvalue weighted by atomic mass is 9.39. The molecule has 4 bridgehead atoms. The molecule has 5 aliphatic rings. The minimum atomic E-state index is -2.18. The molecule has 1 spiro atoms. The Bertz CT molecular complexity index is 1070. The fourth-order valence-electron chi connectivity index (χ4n) is 7.85. The number of hydrogen-bond donors (Lipinski definition) is 3. The molecule has 6 nitrogen and oxygen atoms in total. The van der Waals surface area contributed by atoms with Gasteiger partial charge in [-0.05, 0) is 59.3 Å². The van der Waals surface area contributed by atoms with Crippen LogP contribution in [-0.2, 0) is 9.53 Å². The highest BCUT2D eigenvalue weighted by molar-refractivity contribution is 6.04. The Morgan fingerprint density at radius 1 is 1.21 bits per heavy atom. The number of ketones is 2. The Morgan fingerprint density at radius 2 is 1.85 bits per heavy atom. The molecule has 4 aliphatic carbocycles. The molecule has 3 N–H and O–H groups in total. The molecule has 1 aromatic carbocycles. The van der Waals surface area contributed by atoms with Gasteiger partial charge < -0.3 is 20.1 Å². The van der Waals surface area contributed by atoms with Gasteiger partial charge in [-0.3, -0.25) is 9.59 Å². The van der Waals surface area contributed by atoms with Gasteiger partial charge in [-0.1, -0.05) is 48.9 Å². The van der Waals surface area contributed by atoms with Crippen LogP contribution in [0.3, 0.4) is 0 Å². The molecule has 0 radical (unpaired) electrons. The van der Waals surface area contributed by atoms with Gasteiger partial charge in [0.25, 0.3) is 0 Å². The van der Waals surface area contributed by atoms with Crippen LogP contribution in [0, 0.1) is 28.6 Å². The zero-order valence-electron chi connectivity index (χ0n) is 20.7. The molecule has 1 saturated heterocycles. The van der Waals surface area contributed by atoms with Crippen molar-refractivity contribution in [2.75, 3.05) is 0 Å². The summed E-state index contributed by atoms with van der Waals surface area (Å²) in [5, 5.41) is 35.5. The van der Waals surface area contributed by atoms with E-state index in [0.29, 0.717) is 18.4 Å². The van der Waals surface area contributed by atoms with Gasteiger partial charge in [-0.2, -0.15) is 0 Å². The predicted molar refractivity (Wildman–Crippen MR) is 126 cm³/mol. The van der Waals surface area contributed by atoms with Crippen LogP contribution >= 0.6 is 0 Å². The Morgan fingerprint density at radius 3 is 2.44 bits per heavy atom. The van der Waals surface area contributed by atoms with Crippen LogP contribution in [0.5, 0.6) is 0 Å². The summed E-state index contributed by atoms with van der Waals surface area (Å²) in [6.07, 6.45) is 2.81. The minimum absolute atomic E-state index is 0.0162. The molecular weight excluding hydrogens is 432 g/mol. The predicted octanol–water partition coefficient (Wildman–Crippen LogP) is 3.44. The zero-order chi connectivity index (χ0) is 24.9. The third-order valence-corrected chi connectivity index (χ3v) is 9.62. The summed E-state index contributed by atoms with van der Waals surface area (Å²) in [6, 6.07) is 8.62. The van der Waals surface area contributed by atoms with E-state index in [9.17, 15) is 24.9 Å². The van der Waals surface area contributed by atoms with Gasteiger partial charge in [0.2, 0.25) is 0 Å². The molecule has 4 saturated carbocycles. The quantitative estimate of drug-likeness (QED) is 0.452. The monoisotopic (exact) mass is 468 g/mol. The summed E-state index contributed by atoms with van der Waals surface area (Å²) in [5.41, 5.74) is -3.67. The second-order valence-corrected chi connectivity index (χ2v) is 12.2. The molecule has 1 heterocycles. The number of carbonyl (C=O) groups is 2. The molecule has 34 heavy (non-hydrogen) atoms. The first kappa shape index (κ1) is 23.9. The van der Waals surface area contributed by atoms with Crippen LogP contribution in [0.2, 0.25) is 0 Å². The molecule has 0 unspecified atom stereocenters.